The molecule has 6 heteroatoms. The Hall–Kier alpha value is -8.53. The number of aromatic nitrogens is 4. The van der Waals surface area contributed by atoms with Crippen molar-refractivity contribution in [2.45, 2.75) is 5.41 Å². The number of hydrogen-bond donors (Lipinski definition) is 0. The first-order valence-electron chi connectivity index (χ1n) is 20.6. The van der Waals surface area contributed by atoms with Crippen LogP contribution in [0.5, 0.6) is 11.5 Å². The van der Waals surface area contributed by atoms with Gasteiger partial charge in [0.15, 0.2) is 17.5 Å². The van der Waals surface area contributed by atoms with Gasteiger partial charge in [-0.3, -0.25) is 4.98 Å². The molecule has 1 spiro atoms. The lowest BCUT2D eigenvalue weighted by molar-refractivity contribution is 0.437. The highest BCUT2D eigenvalue weighted by Crippen LogP contribution is 2.64. The van der Waals surface area contributed by atoms with E-state index in [1.807, 2.05) is 91.1 Å². The van der Waals surface area contributed by atoms with Crippen LogP contribution in [0.15, 0.2) is 200 Å². The molecule has 1 aliphatic heterocycles. The van der Waals surface area contributed by atoms with Crippen molar-refractivity contribution in [3.8, 4) is 85.1 Å². The van der Waals surface area contributed by atoms with Gasteiger partial charge in [0.1, 0.15) is 11.5 Å². The highest BCUT2D eigenvalue weighted by Gasteiger charge is 2.52. The van der Waals surface area contributed by atoms with Crippen LogP contribution in [0.1, 0.15) is 27.8 Å². The average Bonchev–Trinajstić information content (AvgIpc) is 3.64. The summed E-state index contributed by atoms with van der Waals surface area (Å²) in [5.41, 5.74) is 13.9. The maximum atomic E-state index is 10.2. The number of rotatable bonds is 5. The predicted molar refractivity (Wildman–Crippen MR) is 244 cm³/mol. The Labute approximate surface area is 358 Å². The van der Waals surface area contributed by atoms with Gasteiger partial charge in [-0.25, -0.2) is 15.0 Å². The average molecular weight is 792 g/mol. The Balaban J connectivity index is 1.14. The number of nitrogens with zero attached hydrogens (tertiary/aromatic N) is 5. The molecule has 1 aliphatic carbocycles. The quantitative estimate of drug-likeness (QED) is 0.173. The van der Waals surface area contributed by atoms with Crippen LogP contribution in [-0.4, -0.2) is 19.9 Å². The summed E-state index contributed by atoms with van der Waals surface area (Å²) < 4.78 is 7.09. The maximum Gasteiger partial charge on any atom is 0.167 e. The molecule has 0 bridgehead atoms. The summed E-state index contributed by atoms with van der Waals surface area (Å²) >= 11 is 0. The minimum Gasteiger partial charge on any atom is -0.456 e. The fourth-order valence-electron chi connectivity index (χ4n) is 9.69. The summed E-state index contributed by atoms with van der Waals surface area (Å²) in [4.78, 5) is 20.2. The zero-order valence-electron chi connectivity index (χ0n) is 33.2. The van der Waals surface area contributed by atoms with Crippen LogP contribution in [0.2, 0.25) is 0 Å². The number of para-hydroxylation sites is 3. The zero-order valence-corrected chi connectivity index (χ0v) is 33.2. The summed E-state index contributed by atoms with van der Waals surface area (Å²) in [7, 11) is 0. The Morgan fingerprint density at radius 2 is 1.03 bits per heavy atom. The van der Waals surface area contributed by atoms with E-state index in [0.29, 0.717) is 28.8 Å². The van der Waals surface area contributed by atoms with E-state index < -0.39 is 5.41 Å². The third-order valence-corrected chi connectivity index (χ3v) is 12.3. The fraction of sp³-hybridized carbons (Fsp3) is 0.0179. The molecule has 8 aromatic carbocycles. The highest BCUT2D eigenvalue weighted by molar-refractivity contribution is 6.03. The number of hydrogen-bond acceptors (Lipinski definition) is 6. The molecule has 2 aliphatic rings. The molecule has 0 saturated carbocycles. The van der Waals surface area contributed by atoms with Gasteiger partial charge in [-0.1, -0.05) is 164 Å². The lowest BCUT2D eigenvalue weighted by Gasteiger charge is -2.40. The van der Waals surface area contributed by atoms with Crippen molar-refractivity contribution in [1.29, 1.82) is 5.26 Å². The fourth-order valence-corrected chi connectivity index (χ4v) is 9.69. The first kappa shape index (κ1) is 35.4. The second-order valence-electron chi connectivity index (χ2n) is 15.6. The second-order valence-corrected chi connectivity index (χ2v) is 15.6. The van der Waals surface area contributed by atoms with E-state index >= 15 is 0 Å². The number of nitriles is 1. The number of ether oxygens (including phenoxy) is 1. The van der Waals surface area contributed by atoms with E-state index in [0.717, 1.165) is 89.0 Å². The van der Waals surface area contributed by atoms with Crippen molar-refractivity contribution >= 4 is 10.9 Å². The highest BCUT2D eigenvalue weighted by atomic mass is 16.5. The molecule has 6 nitrogen and oxygen atoms in total. The summed E-state index contributed by atoms with van der Waals surface area (Å²) in [5.74, 6) is 3.15. The molecule has 0 N–H and O–H groups in total. The summed E-state index contributed by atoms with van der Waals surface area (Å²) in [5, 5.41) is 11.2. The van der Waals surface area contributed by atoms with Crippen molar-refractivity contribution in [2.75, 3.05) is 0 Å². The van der Waals surface area contributed by atoms with Gasteiger partial charge in [0, 0.05) is 39.4 Å². The molecule has 1 unspecified atom stereocenters. The van der Waals surface area contributed by atoms with Gasteiger partial charge >= 0.3 is 0 Å². The molecule has 0 saturated heterocycles. The van der Waals surface area contributed by atoms with E-state index in [1.54, 1.807) is 0 Å². The molecular formula is C56H33N5O. The molecule has 10 aromatic rings. The maximum absolute atomic E-state index is 10.2. The number of benzene rings is 8. The Morgan fingerprint density at radius 3 is 1.81 bits per heavy atom. The molecule has 0 radical (unpaired) electrons. The van der Waals surface area contributed by atoms with E-state index in [4.69, 9.17) is 24.7 Å². The van der Waals surface area contributed by atoms with Gasteiger partial charge in [-0.05, 0) is 69.3 Å². The van der Waals surface area contributed by atoms with E-state index in [-0.39, 0.29) is 0 Å². The Kier molecular flexibility index (Phi) is 8.03. The van der Waals surface area contributed by atoms with Crippen molar-refractivity contribution in [3.05, 3.63) is 228 Å². The molecule has 1 atom stereocenters. The normalized spacial score (nSPS) is 14.3. The van der Waals surface area contributed by atoms with Crippen molar-refractivity contribution < 1.29 is 4.74 Å². The predicted octanol–water partition coefficient (Wildman–Crippen LogP) is 13.1. The van der Waals surface area contributed by atoms with Gasteiger partial charge in [0.05, 0.1) is 28.1 Å². The lowest BCUT2D eigenvalue weighted by atomic mass is 9.65. The summed E-state index contributed by atoms with van der Waals surface area (Å²) in [6.45, 7) is 0. The van der Waals surface area contributed by atoms with E-state index in [1.165, 1.54) is 0 Å². The van der Waals surface area contributed by atoms with Gasteiger partial charge in [0.2, 0.25) is 0 Å². The SMILES string of the molecule is N#Cc1ccc(-c2cccc3c2-c2ccccc2C32c3ccccc3Oc3c(-c4nc(-c5ccccc5)nc(-c5ccccc5)n4)cccc32)c(-c2cccc3cccnc23)c1. The van der Waals surface area contributed by atoms with Crippen LogP contribution >= 0.6 is 0 Å². The van der Waals surface area contributed by atoms with E-state index in [9.17, 15) is 5.26 Å². The van der Waals surface area contributed by atoms with Gasteiger partial charge < -0.3 is 4.74 Å². The molecule has 288 valence electrons. The topological polar surface area (TPSA) is 84.6 Å². The smallest absolute Gasteiger partial charge is 0.167 e. The van der Waals surface area contributed by atoms with Gasteiger partial charge in [-0.2, -0.15) is 5.26 Å². The lowest BCUT2D eigenvalue weighted by Crippen LogP contribution is -2.32. The standard InChI is InChI=1S/C56H33N5O/c57-34-35-30-31-39(44(33-35)41-23-11-19-36-20-14-32-58-51(36)41)40-22-12-27-47-50(40)42-21-7-8-25-45(42)56(47)46-26-9-10-29-49(46)62-52-43(24-13-28-48(52)56)55-60-53(37-15-3-1-4-16-37)59-54(61-55)38-17-5-2-6-18-38/h1-33H. The largest absolute Gasteiger partial charge is 0.456 e. The third kappa shape index (κ3) is 5.29. The number of pyridine rings is 1. The molecule has 0 fully saturated rings. The minimum atomic E-state index is -0.770. The molecule has 3 heterocycles. The second kappa shape index (κ2) is 14.0. The Morgan fingerprint density at radius 1 is 0.435 bits per heavy atom. The minimum absolute atomic E-state index is 0.523. The first-order chi connectivity index (χ1) is 30.7. The van der Waals surface area contributed by atoms with Crippen LogP contribution in [0, 0.1) is 11.3 Å². The summed E-state index contributed by atoms with van der Waals surface area (Å²) in [6, 6.07) is 68.9. The molecule has 2 aromatic heterocycles. The van der Waals surface area contributed by atoms with Crippen LogP contribution in [0.4, 0.5) is 0 Å². The monoisotopic (exact) mass is 791 g/mol. The van der Waals surface area contributed by atoms with Crippen LogP contribution in [0.3, 0.4) is 0 Å². The van der Waals surface area contributed by atoms with Gasteiger partial charge in [-0.15, -0.1) is 0 Å². The molecular weight excluding hydrogens is 759 g/mol. The molecule has 0 amide bonds. The van der Waals surface area contributed by atoms with Crippen molar-refractivity contribution in [1.82, 2.24) is 19.9 Å². The molecule has 62 heavy (non-hydrogen) atoms. The van der Waals surface area contributed by atoms with Gasteiger partial charge in [0.25, 0.3) is 0 Å². The summed E-state index contributed by atoms with van der Waals surface area (Å²) in [6.07, 6.45) is 1.83. The van der Waals surface area contributed by atoms with Crippen LogP contribution < -0.4 is 4.74 Å². The zero-order chi connectivity index (χ0) is 41.2. The van der Waals surface area contributed by atoms with Crippen LogP contribution in [0.25, 0.3) is 78.4 Å². The first-order valence-corrected chi connectivity index (χ1v) is 20.6. The van der Waals surface area contributed by atoms with E-state index in [2.05, 4.69) is 115 Å². The Bertz CT molecular complexity index is 3410. The van der Waals surface area contributed by atoms with Crippen molar-refractivity contribution in [3.63, 3.8) is 0 Å². The number of fused-ring (bicyclic) bond motifs is 10. The third-order valence-electron chi connectivity index (χ3n) is 12.3. The van der Waals surface area contributed by atoms with Crippen molar-refractivity contribution in [2.24, 2.45) is 0 Å². The molecule has 12 rings (SSSR count). The van der Waals surface area contributed by atoms with Crippen LogP contribution in [-0.2, 0) is 5.41 Å².